The molecule has 0 nitrogen and oxygen atoms in total. The predicted octanol–water partition coefficient (Wildman–Crippen LogP) is 8.14. The fraction of sp³-hybridized carbons (Fsp3) is 0.680. The molecule has 1 aromatic rings. The van der Waals surface area contributed by atoms with Gasteiger partial charge in [0, 0.05) is 0 Å². The van der Waals surface area contributed by atoms with Gasteiger partial charge in [0.25, 0.3) is 0 Å². The third-order valence-corrected chi connectivity index (χ3v) is 8.00. The van der Waals surface area contributed by atoms with Crippen LogP contribution in [0.1, 0.15) is 81.8 Å². The Morgan fingerprint density at radius 1 is 0.931 bits per heavy atom. The van der Waals surface area contributed by atoms with Crippen LogP contribution >= 0.6 is 0 Å². The van der Waals surface area contributed by atoms with Gasteiger partial charge in [0.1, 0.15) is 5.82 Å². The number of hydrogen-bond acceptors (Lipinski definition) is 0. The summed E-state index contributed by atoms with van der Waals surface area (Å²) in [5.41, 5.74) is -0.395. The van der Waals surface area contributed by atoms with Crippen molar-refractivity contribution in [2.45, 2.75) is 76.8 Å². The lowest BCUT2D eigenvalue weighted by Crippen LogP contribution is -2.41. The molecule has 0 heterocycles. The van der Waals surface area contributed by atoms with Crippen LogP contribution in [0.3, 0.4) is 0 Å². The Balaban J connectivity index is 1.41. The molecule has 0 amide bonds. The summed E-state index contributed by atoms with van der Waals surface area (Å²) in [7, 11) is 0. The molecule has 6 atom stereocenters. The number of rotatable bonds is 3. The highest BCUT2D eigenvalue weighted by Crippen LogP contribution is 2.55. The second-order valence-corrected chi connectivity index (χ2v) is 9.58. The van der Waals surface area contributed by atoms with Crippen molar-refractivity contribution in [3.05, 3.63) is 47.3 Å². The average Bonchev–Trinajstić information content (AvgIpc) is 2.70. The maximum absolute atomic E-state index is 14.1. The Bertz CT molecular complexity index is 735. The zero-order valence-electron chi connectivity index (χ0n) is 17.2. The van der Waals surface area contributed by atoms with Gasteiger partial charge in [-0.15, -0.1) is 0 Å². The van der Waals surface area contributed by atoms with Gasteiger partial charge in [0.2, 0.25) is 0 Å². The van der Waals surface area contributed by atoms with E-state index >= 15 is 0 Å². The lowest BCUT2D eigenvalue weighted by molar-refractivity contribution is -0.140. The highest BCUT2D eigenvalue weighted by molar-refractivity contribution is 5.29. The third kappa shape index (κ3) is 4.41. The van der Waals surface area contributed by atoms with Gasteiger partial charge in [0.05, 0.1) is 5.56 Å². The van der Waals surface area contributed by atoms with Crippen LogP contribution in [0.2, 0.25) is 0 Å². The Kier molecular flexibility index (Phi) is 6.09. The molecule has 3 aliphatic carbocycles. The molecule has 4 heteroatoms. The van der Waals surface area contributed by atoms with Crippen LogP contribution in [-0.4, -0.2) is 0 Å². The van der Waals surface area contributed by atoms with Gasteiger partial charge >= 0.3 is 6.18 Å². The van der Waals surface area contributed by atoms with Gasteiger partial charge in [-0.3, -0.25) is 0 Å². The standard InChI is InChI=1S/C25H32F4/c1-2-3-4-16-5-10-21-19(13-16)6-7-20-14-17(8-11-22(20)21)18-9-12-23(24(26)15-18)25(27,28)29/h3-4,9,12,15-17,19-22H,2,5-8,10-11,13-14H2,1H3/t16-,17-,19-,20+,21+,22+/m1/s1. The van der Waals surface area contributed by atoms with Crippen LogP contribution < -0.4 is 0 Å². The molecule has 0 aromatic heterocycles. The van der Waals surface area contributed by atoms with Crippen LogP contribution in [-0.2, 0) is 6.18 Å². The summed E-state index contributed by atoms with van der Waals surface area (Å²) in [5, 5.41) is 0. The minimum Gasteiger partial charge on any atom is -0.206 e. The van der Waals surface area contributed by atoms with E-state index in [-0.39, 0.29) is 5.92 Å². The molecule has 3 aliphatic rings. The van der Waals surface area contributed by atoms with Crippen molar-refractivity contribution in [1.82, 2.24) is 0 Å². The maximum Gasteiger partial charge on any atom is 0.419 e. The second kappa shape index (κ2) is 8.43. The number of alkyl halides is 3. The van der Waals surface area contributed by atoms with Gasteiger partial charge in [-0.05, 0) is 111 Å². The number of hydrogen-bond donors (Lipinski definition) is 0. The summed E-state index contributed by atoms with van der Waals surface area (Å²) >= 11 is 0. The monoisotopic (exact) mass is 408 g/mol. The number of benzene rings is 1. The van der Waals surface area contributed by atoms with E-state index in [2.05, 4.69) is 19.1 Å². The summed E-state index contributed by atoms with van der Waals surface area (Å²) in [6.45, 7) is 2.19. The first-order chi connectivity index (χ1) is 13.9. The van der Waals surface area contributed by atoms with Gasteiger partial charge < -0.3 is 0 Å². The van der Waals surface area contributed by atoms with Crippen molar-refractivity contribution in [2.75, 3.05) is 0 Å². The molecule has 0 spiro atoms. The fourth-order valence-corrected chi connectivity index (χ4v) is 6.65. The summed E-state index contributed by atoms with van der Waals surface area (Å²) < 4.78 is 52.6. The van der Waals surface area contributed by atoms with Crippen LogP contribution in [0.25, 0.3) is 0 Å². The van der Waals surface area contributed by atoms with Crippen molar-refractivity contribution in [1.29, 1.82) is 0 Å². The quantitative estimate of drug-likeness (QED) is 0.350. The zero-order valence-corrected chi connectivity index (χ0v) is 17.2. The minimum atomic E-state index is -4.62. The number of fused-ring (bicyclic) bond motifs is 3. The van der Waals surface area contributed by atoms with Crippen LogP contribution in [0.15, 0.2) is 30.4 Å². The van der Waals surface area contributed by atoms with Crippen molar-refractivity contribution >= 4 is 0 Å². The molecule has 29 heavy (non-hydrogen) atoms. The molecule has 0 N–H and O–H groups in total. The lowest BCUT2D eigenvalue weighted by atomic mass is 9.55. The van der Waals surface area contributed by atoms with E-state index in [1.54, 1.807) is 0 Å². The van der Waals surface area contributed by atoms with Gasteiger partial charge in [-0.2, -0.15) is 13.2 Å². The topological polar surface area (TPSA) is 0 Å². The Labute approximate surface area is 171 Å². The van der Waals surface area contributed by atoms with Crippen molar-refractivity contribution < 1.29 is 17.6 Å². The molecule has 0 bridgehead atoms. The lowest BCUT2D eigenvalue weighted by Gasteiger charge is -2.50. The maximum atomic E-state index is 14.1. The predicted molar refractivity (Wildman–Crippen MR) is 108 cm³/mol. The molecule has 0 saturated heterocycles. The fourth-order valence-electron chi connectivity index (χ4n) is 6.65. The molecule has 4 rings (SSSR count). The Hall–Kier alpha value is -1.32. The minimum absolute atomic E-state index is 0.202. The van der Waals surface area contributed by atoms with E-state index in [9.17, 15) is 17.6 Å². The molecule has 3 saturated carbocycles. The first-order valence-corrected chi connectivity index (χ1v) is 11.4. The Morgan fingerprint density at radius 2 is 1.62 bits per heavy atom. The summed E-state index contributed by atoms with van der Waals surface area (Å²) in [6.07, 6.45) is 10.8. The normalized spacial score (nSPS) is 35.3. The van der Waals surface area contributed by atoms with Gasteiger partial charge in [-0.1, -0.05) is 25.1 Å². The van der Waals surface area contributed by atoms with Crippen molar-refractivity contribution in [3.8, 4) is 0 Å². The number of allylic oxidation sites excluding steroid dienone is 2. The van der Waals surface area contributed by atoms with Gasteiger partial charge in [-0.25, -0.2) is 4.39 Å². The summed E-state index contributed by atoms with van der Waals surface area (Å²) in [4.78, 5) is 0. The van der Waals surface area contributed by atoms with E-state index in [1.165, 1.54) is 38.2 Å². The van der Waals surface area contributed by atoms with Gasteiger partial charge in [0.15, 0.2) is 0 Å². The van der Waals surface area contributed by atoms with E-state index in [1.807, 2.05) is 0 Å². The molecule has 1 aromatic carbocycles. The second-order valence-electron chi connectivity index (χ2n) is 9.58. The third-order valence-electron chi connectivity index (χ3n) is 8.00. The first kappa shape index (κ1) is 20.9. The Morgan fingerprint density at radius 3 is 2.28 bits per heavy atom. The number of halogens is 4. The van der Waals surface area contributed by atoms with Crippen molar-refractivity contribution in [3.63, 3.8) is 0 Å². The summed E-state index contributed by atoms with van der Waals surface area (Å²) in [6, 6.07) is 3.58. The van der Waals surface area contributed by atoms with E-state index in [4.69, 9.17) is 0 Å². The molecule has 3 fully saturated rings. The first-order valence-electron chi connectivity index (χ1n) is 11.4. The molecule has 0 radical (unpaired) electrons. The smallest absolute Gasteiger partial charge is 0.206 e. The highest BCUT2D eigenvalue weighted by atomic mass is 19.4. The van der Waals surface area contributed by atoms with E-state index in [0.29, 0.717) is 5.92 Å². The molecule has 0 unspecified atom stereocenters. The summed E-state index contributed by atoms with van der Waals surface area (Å²) in [5.74, 6) is 2.91. The molecular weight excluding hydrogens is 376 g/mol. The van der Waals surface area contributed by atoms with Crippen LogP contribution in [0.5, 0.6) is 0 Å². The SMILES string of the molecule is CCC=C[C@@H]1CC[C@H]2[C@H](CC[C@H]3C[C@H](c4ccc(C(F)(F)F)c(F)c4)CC[C@@H]32)C1. The van der Waals surface area contributed by atoms with Crippen molar-refractivity contribution in [2.24, 2.45) is 29.6 Å². The van der Waals surface area contributed by atoms with Crippen LogP contribution in [0.4, 0.5) is 17.6 Å². The highest BCUT2D eigenvalue weighted by Gasteiger charge is 2.44. The van der Waals surface area contributed by atoms with Crippen LogP contribution in [0, 0.1) is 35.4 Å². The molecule has 0 aliphatic heterocycles. The van der Waals surface area contributed by atoms with E-state index < -0.39 is 17.6 Å². The zero-order chi connectivity index (χ0) is 20.6. The molecule has 160 valence electrons. The molecular formula is C25H32F4. The average molecular weight is 409 g/mol. The largest absolute Gasteiger partial charge is 0.419 e. The van der Waals surface area contributed by atoms with E-state index in [0.717, 1.165) is 67.1 Å².